The molecule has 0 aliphatic carbocycles. The van der Waals surface area contributed by atoms with Crippen LogP contribution >= 0.6 is 7.60 Å². The molecule has 12 heavy (non-hydrogen) atoms. The van der Waals surface area contributed by atoms with Crippen molar-refractivity contribution in [3.63, 3.8) is 0 Å². The van der Waals surface area contributed by atoms with Crippen molar-refractivity contribution >= 4 is 7.60 Å². The highest BCUT2D eigenvalue weighted by molar-refractivity contribution is 7.54. The van der Waals surface area contributed by atoms with Gasteiger partial charge in [-0.3, -0.25) is 4.52 Å². The fourth-order valence-corrected chi connectivity index (χ4v) is 1.42. The predicted octanol–water partition coefficient (Wildman–Crippen LogP) is 1.62. The second kappa shape index (κ2) is 5.49. The summed E-state index contributed by atoms with van der Waals surface area (Å²) in [6, 6.07) is 0. The Bertz CT molecular complexity index is 269. The molecule has 1 unspecified atom stereocenters. The van der Waals surface area contributed by atoms with Crippen molar-refractivity contribution in [3.8, 4) is 24.7 Å². The van der Waals surface area contributed by atoms with E-state index in [9.17, 15) is 4.57 Å². The van der Waals surface area contributed by atoms with Gasteiger partial charge in [0.05, 0.1) is 6.26 Å². The van der Waals surface area contributed by atoms with Gasteiger partial charge in [-0.25, -0.2) is 4.57 Å². The van der Waals surface area contributed by atoms with E-state index in [1.807, 2.05) is 0 Å². The lowest BCUT2D eigenvalue weighted by Gasteiger charge is -2.12. The molecule has 0 spiro atoms. The first-order valence-electron chi connectivity index (χ1n) is 3.08. The molecule has 0 aromatic heterocycles. The van der Waals surface area contributed by atoms with E-state index in [4.69, 9.17) is 17.4 Å². The Morgan fingerprint density at radius 3 is 2.58 bits per heavy atom. The van der Waals surface area contributed by atoms with Crippen molar-refractivity contribution in [2.75, 3.05) is 12.8 Å². The third-order valence-electron chi connectivity index (χ3n) is 0.865. The van der Waals surface area contributed by atoms with Crippen molar-refractivity contribution < 1.29 is 13.6 Å². The van der Waals surface area contributed by atoms with Crippen LogP contribution in [0.4, 0.5) is 0 Å². The maximum Gasteiger partial charge on any atom is 0.391 e. The molecule has 0 radical (unpaired) electrons. The van der Waals surface area contributed by atoms with Crippen LogP contribution in [0.15, 0.2) is 12.8 Å². The van der Waals surface area contributed by atoms with Gasteiger partial charge in [0, 0.05) is 0 Å². The lowest BCUT2D eigenvalue weighted by Crippen LogP contribution is -1.95. The van der Waals surface area contributed by atoms with Crippen LogP contribution in [-0.2, 0) is 13.6 Å². The molecule has 0 saturated carbocycles. The minimum atomic E-state index is -3.23. The molecule has 0 bridgehead atoms. The van der Waals surface area contributed by atoms with Crippen LogP contribution in [0.1, 0.15) is 0 Å². The summed E-state index contributed by atoms with van der Waals surface area (Å²) in [6.07, 6.45) is 10.8. The summed E-state index contributed by atoms with van der Waals surface area (Å²) in [6.45, 7) is 3.15. The molecule has 0 aliphatic rings. The quantitative estimate of drug-likeness (QED) is 0.370. The normalized spacial score (nSPS) is 13.5. The average Bonchev–Trinajstić information content (AvgIpc) is 2.02. The van der Waals surface area contributed by atoms with Crippen LogP contribution in [0.25, 0.3) is 0 Å². The summed E-state index contributed by atoms with van der Waals surface area (Å²) in [4.78, 5) is 0. The van der Waals surface area contributed by atoms with Gasteiger partial charge in [-0.2, -0.15) is 0 Å². The van der Waals surface area contributed by atoms with Crippen molar-refractivity contribution in [1.82, 2.24) is 0 Å². The van der Waals surface area contributed by atoms with Gasteiger partial charge in [0.1, 0.15) is 12.8 Å². The van der Waals surface area contributed by atoms with Gasteiger partial charge in [-0.05, 0) is 0 Å². The molecule has 0 amide bonds. The summed E-state index contributed by atoms with van der Waals surface area (Å²) in [5, 5.41) is 0. The predicted molar refractivity (Wildman–Crippen MR) is 47.4 cm³/mol. The van der Waals surface area contributed by atoms with Crippen LogP contribution in [0.2, 0.25) is 0 Å². The van der Waals surface area contributed by atoms with Gasteiger partial charge in [-0.1, -0.05) is 18.4 Å². The third-order valence-corrected chi connectivity index (χ3v) is 2.43. The minimum Gasteiger partial charge on any atom is -0.432 e. The smallest absolute Gasteiger partial charge is 0.391 e. The molecule has 3 nitrogen and oxygen atoms in total. The molecule has 0 aliphatic heterocycles. The summed E-state index contributed by atoms with van der Waals surface area (Å²) in [5.74, 6) is 4.34. The zero-order chi connectivity index (χ0) is 9.45. The monoisotopic (exact) mass is 184 g/mol. The van der Waals surface area contributed by atoms with Crippen molar-refractivity contribution in [3.05, 3.63) is 12.8 Å². The topological polar surface area (TPSA) is 35.5 Å². The minimum absolute atomic E-state index is 0.0905. The fraction of sp³-hybridized carbons (Fsp3) is 0.250. The Morgan fingerprint density at radius 2 is 2.17 bits per heavy atom. The number of hydrogen-bond acceptors (Lipinski definition) is 3. The highest BCUT2D eigenvalue weighted by atomic mass is 31.2. The molecule has 0 aromatic rings. The third kappa shape index (κ3) is 3.88. The van der Waals surface area contributed by atoms with E-state index in [1.165, 1.54) is 0 Å². The van der Waals surface area contributed by atoms with E-state index in [0.717, 1.165) is 6.26 Å². The summed E-state index contributed by atoms with van der Waals surface area (Å²) in [5.41, 5.74) is 0. The molecule has 0 N–H and O–H groups in total. The van der Waals surface area contributed by atoms with E-state index in [-0.39, 0.29) is 12.8 Å². The Hall–Kier alpha value is -1.15. The summed E-state index contributed by atoms with van der Waals surface area (Å²) in [7, 11) is -3.23. The van der Waals surface area contributed by atoms with Crippen LogP contribution in [0.5, 0.6) is 0 Å². The van der Waals surface area contributed by atoms with Gasteiger partial charge in [-0.15, -0.1) is 12.8 Å². The summed E-state index contributed by atoms with van der Waals surface area (Å²) < 4.78 is 20.8. The lowest BCUT2D eigenvalue weighted by molar-refractivity contribution is 0.281. The van der Waals surface area contributed by atoms with Crippen molar-refractivity contribution in [1.29, 1.82) is 0 Å². The number of terminal acetylenes is 2. The molecule has 1 atom stereocenters. The lowest BCUT2D eigenvalue weighted by atomic mass is 10.8. The Morgan fingerprint density at radius 1 is 1.50 bits per heavy atom. The molecule has 0 rings (SSSR count). The van der Waals surface area contributed by atoms with Crippen LogP contribution in [-0.4, -0.2) is 12.8 Å². The molecular formula is C8H9O3P. The van der Waals surface area contributed by atoms with Crippen LogP contribution < -0.4 is 0 Å². The van der Waals surface area contributed by atoms with E-state index in [2.05, 4.69) is 22.9 Å². The van der Waals surface area contributed by atoms with Gasteiger partial charge in [0.15, 0.2) is 0 Å². The van der Waals surface area contributed by atoms with Crippen LogP contribution in [0, 0.1) is 24.7 Å². The SMILES string of the molecule is C#CCOP(=O)(CC#C)OC=C. The second-order valence-corrected chi connectivity index (χ2v) is 3.73. The first-order valence-corrected chi connectivity index (χ1v) is 4.81. The zero-order valence-corrected chi connectivity index (χ0v) is 7.42. The first-order chi connectivity index (χ1) is 5.68. The Labute approximate surface area is 72.3 Å². The van der Waals surface area contributed by atoms with E-state index in [1.54, 1.807) is 0 Å². The highest BCUT2D eigenvalue weighted by Crippen LogP contribution is 2.47. The highest BCUT2D eigenvalue weighted by Gasteiger charge is 2.22. The van der Waals surface area contributed by atoms with Gasteiger partial charge >= 0.3 is 7.60 Å². The van der Waals surface area contributed by atoms with Crippen molar-refractivity contribution in [2.45, 2.75) is 0 Å². The maximum atomic E-state index is 11.4. The molecule has 0 fully saturated rings. The molecular weight excluding hydrogens is 175 g/mol. The summed E-state index contributed by atoms with van der Waals surface area (Å²) >= 11 is 0. The Balaban J connectivity index is 4.22. The average molecular weight is 184 g/mol. The number of hydrogen-bond donors (Lipinski definition) is 0. The van der Waals surface area contributed by atoms with E-state index >= 15 is 0 Å². The molecule has 64 valence electrons. The van der Waals surface area contributed by atoms with Crippen LogP contribution in [0.3, 0.4) is 0 Å². The molecule has 0 aromatic carbocycles. The molecule has 4 heteroatoms. The van der Waals surface area contributed by atoms with E-state index < -0.39 is 7.60 Å². The molecule has 0 saturated heterocycles. The largest absolute Gasteiger partial charge is 0.432 e. The van der Waals surface area contributed by atoms with Gasteiger partial charge in [0.25, 0.3) is 0 Å². The van der Waals surface area contributed by atoms with Gasteiger partial charge < -0.3 is 4.52 Å². The van der Waals surface area contributed by atoms with Crippen molar-refractivity contribution in [2.24, 2.45) is 0 Å². The second-order valence-electron chi connectivity index (χ2n) is 1.72. The maximum absolute atomic E-state index is 11.4. The zero-order valence-electron chi connectivity index (χ0n) is 6.53. The Kier molecular flexibility index (Phi) is 4.97. The fourth-order valence-electron chi connectivity index (χ4n) is 0.474. The van der Waals surface area contributed by atoms with Gasteiger partial charge in [0.2, 0.25) is 0 Å². The standard InChI is InChI=1S/C8H9O3P/c1-4-7-11-12(9,8-5-2)10-6-3/h1-2,6H,3,7-8H2. The molecule has 0 heterocycles. The number of rotatable bonds is 5. The first kappa shape index (κ1) is 10.8. The van der Waals surface area contributed by atoms with E-state index in [0.29, 0.717) is 0 Å².